The number of nitro benzene ring substituents is 1. The van der Waals surface area contributed by atoms with E-state index in [9.17, 15) is 14.5 Å². The molecule has 0 heterocycles. The standard InChI is InChI=1S/C14H10Cl2FNO3/c15-7-9-2-1-3-12(17)14(9)21-8-10-6-11(16)4-5-13(10)18(19)20/h1-6H,7-8H2. The normalized spacial score (nSPS) is 10.4. The van der Waals surface area contributed by atoms with E-state index in [1.165, 1.54) is 30.3 Å². The molecule has 21 heavy (non-hydrogen) atoms. The van der Waals surface area contributed by atoms with Crippen molar-refractivity contribution in [1.29, 1.82) is 0 Å². The molecule has 0 atom stereocenters. The number of hydrogen-bond donors (Lipinski definition) is 0. The molecule has 0 aliphatic carbocycles. The van der Waals surface area contributed by atoms with E-state index in [0.717, 1.165) is 0 Å². The van der Waals surface area contributed by atoms with Crippen LogP contribution in [0.1, 0.15) is 11.1 Å². The summed E-state index contributed by atoms with van der Waals surface area (Å²) in [5, 5.41) is 11.3. The average Bonchev–Trinajstić information content (AvgIpc) is 2.45. The molecule has 0 unspecified atom stereocenters. The number of para-hydroxylation sites is 1. The highest BCUT2D eigenvalue weighted by Crippen LogP contribution is 2.28. The third kappa shape index (κ3) is 3.62. The molecule has 4 nitrogen and oxygen atoms in total. The first-order chi connectivity index (χ1) is 10.0. The number of alkyl halides is 1. The summed E-state index contributed by atoms with van der Waals surface area (Å²) >= 11 is 11.5. The van der Waals surface area contributed by atoms with E-state index < -0.39 is 10.7 Å². The molecule has 0 aromatic heterocycles. The van der Waals surface area contributed by atoms with Gasteiger partial charge in [0.25, 0.3) is 5.69 Å². The van der Waals surface area contributed by atoms with Gasteiger partial charge in [0.1, 0.15) is 6.61 Å². The van der Waals surface area contributed by atoms with Crippen molar-refractivity contribution in [3.63, 3.8) is 0 Å². The zero-order valence-electron chi connectivity index (χ0n) is 10.7. The SMILES string of the molecule is O=[N+]([O-])c1ccc(Cl)cc1COc1c(F)cccc1CCl. The van der Waals surface area contributed by atoms with Crippen molar-refractivity contribution in [2.45, 2.75) is 12.5 Å². The Hall–Kier alpha value is -1.85. The van der Waals surface area contributed by atoms with Crippen LogP contribution >= 0.6 is 23.2 Å². The smallest absolute Gasteiger partial charge is 0.276 e. The largest absolute Gasteiger partial charge is 0.485 e. The first-order valence-corrected chi connectivity index (χ1v) is 6.83. The lowest BCUT2D eigenvalue weighted by molar-refractivity contribution is -0.385. The first-order valence-electron chi connectivity index (χ1n) is 5.92. The summed E-state index contributed by atoms with van der Waals surface area (Å²) < 4.78 is 19.1. The van der Waals surface area contributed by atoms with Crippen LogP contribution in [0.3, 0.4) is 0 Å². The maximum atomic E-state index is 13.7. The summed E-state index contributed by atoms with van der Waals surface area (Å²) in [6, 6.07) is 8.49. The monoisotopic (exact) mass is 329 g/mol. The van der Waals surface area contributed by atoms with Gasteiger partial charge >= 0.3 is 0 Å². The van der Waals surface area contributed by atoms with E-state index in [0.29, 0.717) is 10.6 Å². The van der Waals surface area contributed by atoms with Crippen LogP contribution in [-0.4, -0.2) is 4.92 Å². The van der Waals surface area contributed by atoms with Crippen LogP contribution in [0.15, 0.2) is 36.4 Å². The third-order valence-corrected chi connectivity index (χ3v) is 3.33. The van der Waals surface area contributed by atoms with Crippen LogP contribution in [0.4, 0.5) is 10.1 Å². The van der Waals surface area contributed by atoms with E-state index in [2.05, 4.69) is 0 Å². The Kier molecular flexibility index (Phi) is 4.98. The molecule has 0 aliphatic heterocycles. The number of hydrogen-bond acceptors (Lipinski definition) is 3. The van der Waals surface area contributed by atoms with Gasteiger partial charge in [0.15, 0.2) is 11.6 Å². The minimum atomic E-state index is -0.571. The predicted octanol–water partition coefficient (Wildman–Crippen LogP) is 4.71. The molecule has 2 aromatic rings. The van der Waals surface area contributed by atoms with Gasteiger partial charge < -0.3 is 4.74 Å². The van der Waals surface area contributed by atoms with Gasteiger partial charge in [-0.05, 0) is 18.2 Å². The molecule has 0 saturated carbocycles. The van der Waals surface area contributed by atoms with Crippen molar-refractivity contribution >= 4 is 28.9 Å². The number of rotatable bonds is 5. The quantitative estimate of drug-likeness (QED) is 0.453. The Bertz CT molecular complexity index is 679. The summed E-state index contributed by atoms with van der Waals surface area (Å²) in [5.74, 6) is -0.510. The van der Waals surface area contributed by atoms with Gasteiger partial charge in [-0.25, -0.2) is 4.39 Å². The van der Waals surface area contributed by atoms with Gasteiger partial charge in [0.2, 0.25) is 0 Å². The van der Waals surface area contributed by atoms with Crippen molar-refractivity contribution in [3.05, 3.63) is 68.5 Å². The fourth-order valence-electron chi connectivity index (χ4n) is 1.82. The first kappa shape index (κ1) is 15.5. The maximum absolute atomic E-state index is 13.7. The molecule has 0 bridgehead atoms. The maximum Gasteiger partial charge on any atom is 0.276 e. The second-order valence-electron chi connectivity index (χ2n) is 4.18. The molecule has 0 saturated heterocycles. The Morgan fingerprint density at radius 1 is 1.24 bits per heavy atom. The lowest BCUT2D eigenvalue weighted by atomic mass is 10.2. The zero-order chi connectivity index (χ0) is 15.4. The van der Waals surface area contributed by atoms with Gasteiger partial charge in [-0.3, -0.25) is 10.1 Å². The van der Waals surface area contributed by atoms with Gasteiger partial charge in [-0.15, -0.1) is 11.6 Å². The Labute approximate surface area is 130 Å². The molecule has 2 aromatic carbocycles. The van der Waals surface area contributed by atoms with Crippen LogP contribution in [-0.2, 0) is 12.5 Å². The molecular weight excluding hydrogens is 320 g/mol. The third-order valence-electron chi connectivity index (χ3n) is 2.80. The Morgan fingerprint density at radius 2 is 2.00 bits per heavy atom. The number of nitro groups is 1. The highest BCUT2D eigenvalue weighted by atomic mass is 35.5. The van der Waals surface area contributed by atoms with Crippen molar-refractivity contribution in [2.75, 3.05) is 0 Å². The van der Waals surface area contributed by atoms with Gasteiger partial charge in [0, 0.05) is 16.7 Å². The van der Waals surface area contributed by atoms with Gasteiger partial charge in [-0.1, -0.05) is 23.7 Å². The zero-order valence-corrected chi connectivity index (χ0v) is 12.2. The van der Waals surface area contributed by atoms with Crippen LogP contribution < -0.4 is 4.74 Å². The number of halogens is 3. The predicted molar refractivity (Wildman–Crippen MR) is 78.4 cm³/mol. The van der Waals surface area contributed by atoms with E-state index in [4.69, 9.17) is 27.9 Å². The van der Waals surface area contributed by atoms with E-state index in [-0.39, 0.29) is 29.5 Å². The number of benzene rings is 2. The second-order valence-corrected chi connectivity index (χ2v) is 4.88. The second kappa shape index (κ2) is 6.74. The molecule has 0 aliphatic rings. The van der Waals surface area contributed by atoms with E-state index in [1.54, 1.807) is 6.07 Å². The number of ether oxygens (including phenoxy) is 1. The molecule has 110 valence electrons. The summed E-state index contributed by atoms with van der Waals surface area (Å²) in [6.07, 6.45) is 0. The summed E-state index contributed by atoms with van der Waals surface area (Å²) in [6.45, 7) is -0.179. The lowest BCUT2D eigenvalue weighted by Gasteiger charge is -2.11. The number of nitrogens with zero attached hydrogens (tertiary/aromatic N) is 1. The molecular formula is C14H10Cl2FNO3. The molecule has 0 spiro atoms. The van der Waals surface area contributed by atoms with Crippen LogP contribution in [0.5, 0.6) is 5.75 Å². The average molecular weight is 330 g/mol. The highest BCUT2D eigenvalue weighted by molar-refractivity contribution is 6.30. The van der Waals surface area contributed by atoms with Gasteiger partial charge in [-0.2, -0.15) is 0 Å². The van der Waals surface area contributed by atoms with E-state index >= 15 is 0 Å². The minimum absolute atomic E-state index is 0.0122. The van der Waals surface area contributed by atoms with Crippen molar-refractivity contribution in [3.8, 4) is 5.75 Å². The van der Waals surface area contributed by atoms with Crippen molar-refractivity contribution in [2.24, 2.45) is 0 Å². The van der Waals surface area contributed by atoms with Crippen molar-refractivity contribution in [1.82, 2.24) is 0 Å². The van der Waals surface area contributed by atoms with E-state index in [1.807, 2.05) is 0 Å². The van der Waals surface area contributed by atoms with Gasteiger partial charge in [0.05, 0.1) is 16.4 Å². The molecule has 7 heteroatoms. The lowest BCUT2D eigenvalue weighted by Crippen LogP contribution is -2.03. The Morgan fingerprint density at radius 3 is 2.67 bits per heavy atom. The molecule has 0 N–H and O–H groups in total. The molecule has 0 radical (unpaired) electrons. The minimum Gasteiger partial charge on any atom is -0.485 e. The molecule has 0 fully saturated rings. The molecule has 2 rings (SSSR count). The fourth-order valence-corrected chi connectivity index (χ4v) is 2.22. The van der Waals surface area contributed by atoms with Crippen LogP contribution in [0.2, 0.25) is 5.02 Å². The highest BCUT2D eigenvalue weighted by Gasteiger charge is 2.16. The Balaban J connectivity index is 2.28. The topological polar surface area (TPSA) is 52.4 Å². The molecule has 0 amide bonds. The summed E-state index contributed by atoms with van der Waals surface area (Å²) in [7, 11) is 0. The van der Waals surface area contributed by atoms with Crippen molar-refractivity contribution < 1.29 is 14.1 Å². The summed E-state index contributed by atoms with van der Waals surface area (Å²) in [4.78, 5) is 10.4. The fraction of sp³-hybridized carbons (Fsp3) is 0.143. The van der Waals surface area contributed by atoms with Crippen LogP contribution in [0, 0.1) is 15.9 Å². The van der Waals surface area contributed by atoms with Crippen LogP contribution in [0.25, 0.3) is 0 Å². The summed E-state index contributed by atoms with van der Waals surface area (Å²) in [5.41, 5.74) is 0.598.